The molecule has 0 radical (unpaired) electrons. The van der Waals surface area contributed by atoms with Crippen LogP contribution in [-0.4, -0.2) is 32.1 Å². The van der Waals surface area contributed by atoms with Crippen molar-refractivity contribution in [3.8, 4) is 0 Å². The van der Waals surface area contributed by atoms with E-state index in [1.807, 2.05) is 0 Å². The number of esters is 1. The van der Waals surface area contributed by atoms with Crippen LogP contribution in [0.4, 0.5) is 10.7 Å². The molecule has 1 rings (SSSR count). The van der Waals surface area contributed by atoms with Crippen molar-refractivity contribution in [2.75, 3.05) is 31.2 Å². The molecule has 1 amide bonds. The number of hydrogen-bond donors (Lipinski definition) is 3. The molecule has 0 aromatic carbocycles. The molecule has 1 aromatic rings. The Morgan fingerprint density at radius 1 is 1.53 bits per heavy atom. The molecule has 0 saturated heterocycles. The van der Waals surface area contributed by atoms with Crippen LogP contribution in [0.15, 0.2) is 12.7 Å². The third-order valence-electron chi connectivity index (χ3n) is 2.26. The molecule has 7 heteroatoms. The van der Waals surface area contributed by atoms with Crippen molar-refractivity contribution in [1.82, 2.24) is 5.32 Å². The Balaban J connectivity index is 3.22. The summed E-state index contributed by atoms with van der Waals surface area (Å²) in [5, 5.41) is 5.97. The highest BCUT2D eigenvalue weighted by atomic mass is 32.1. The Labute approximate surface area is 115 Å². The monoisotopic (exact) mass is 283 g/mol. The van der Waals surface area contributed by atoms with Crippen molar-refractivity contribution in [2.45, 2.75) is 6.92 Å². The van der Waals surface area contributed by atoms with E-state index in [1.54, 1.807) is 13.0 Å². The molecule has 0 aliphatic carbocycles. The molecule has 0 unspecified atom stereocenters. The highest BCUT2D eigenvalue weighted by Crippen LogP contribution is 2.36. The van der Waals surface area contributed by atoms with Crippen LogP contribution in [-0.2, 0) is 4.74 Å². The zero-order chi connectivity index (χ0) is 14.4. The molecular formula is C12H17N3O3S. The molecule has 0 saturated carbocycles. The zero-order valence-electron chi connectivity index (χ0n) is 10.9. The predicted molar refractivity (Wildman–Crippen MR) is 76.8 cm³/mol. The van der Waals surface area contributed by atoms with Crippen LogP contribution < -0.4 is 16.4 Å². The fraction of sp³-hybridized carbons (Fsp3) is 0.333. The second-order valence-electron chi connectivity index (χ2n) is 3.52. The lowest BCUT2D eigenvalue weighted by Crippen LogP contribution is -2.18. The van der Waals surface area contributed by atoms with E-state index in [-0.39, 0.29) is 28.6 Å². The highest BCUT2D eigenvalue weighted by molar-refractivity contribution is 7.19. The summed E-state index contributed by atoms with van der Waals surface area (Å²) in [6.07, 6.45) is 1.64. The molecule has 6 nitrogen and oxygen atoms in total. The van der Waals surface area contributed by atoms with E-state index in [9.17, 15) is 9.59 Å². The summed E-state index contributed by atoms with van der Waals surface area (Å²) in [6, 6.07) is 0. The molecule has 1 heterocycles. The number of thiophene rings is 1. The van der Waals surface area contributed by atoms with Gasteiger partial charge in [-0.2, -0.15) is 0 Å². The van der Waals surface area contributed by atoms with Gasteiger partial charge in [-0.05, 0) is 6.92 Å². The molecule has 0 bridgehead atoms. The molecule has 0 fully saturated rings. The van der Waals surface area contributed by atoms with Crippen LogP contribution in [0.2, 0.25) is 0 Å². The molecule has 1 aromatic heterocycles. The summed E-state index contributed by atoms with van der Waals surface area (Å²) in [5.74, 6) is -0.877. The van der Waals surface area contributed by atoms with Crippen LogP contribution in [0.3, 0.4) is 0 Å². The average Bonchev–Trinajstić information content (AvgIpc) is 2.72. The van der Waals surface area contributed by atoms with Crippen molar-refractivity contribution in [3.63, 3.8) is 0 Å². The normalized spacial score (nSPS) is 9.79. The first kappa shape index (κ1) is 15.0. The van der Waals surface area contributed by atoms with Gasteiger partial charge in [-0.25, -0.2) is 4.79 Å². The lowest BCUT2D eigenvalue weighted by molar-refractivity contribution is 0.0529. The number of hydrogen-bond acceptors (Lipinski definition) is 6. The van der Waals surface area contributed by atoms with Crippen LogP contribution in [0.25, 0.3) is 0 Å². The van der Waals surface area contributed by atoms with E-state index in [0.717, 1.165) is 11.3 Å². The third-order valence-corrected chi connectivity index (χ3v) is 3.43. The molecule has 19 heavy (non-hydrogen) atoms. The number of nitrogen functional groups attached to an aromatic ring is 1. The first-order chi connectivity index (χ1) is 9.06. The van der Waals surface area contributed by atoms with Gasteiger partial charge in [-0.3, -0.25) is 4.79 Å². The fourth-order valence-electron chi connectivity index (χ4n) is 1.42. The Morgan fingerprint density at radius 2 is 2.21 bits per heavy atom. The molecule has 0 atom stereocenters. The number of rotatable bonds is 6. The quantitative estimate of drug-likeness (QED) is 0.543. The van der Waals surface area contributed by atoms with Gasteiger partial charge in [0.1, 0.15) is 15.4 Å². The van der Waals surface area contributed by atoms with Gasteiger partial charge in [0.05, 0.1) is 12.3 Å². The Kier molecular flexibility index (Phi) is 5.37. The van der Waals surface area contributed by atoms with E-state index in [0.29, 0.717) is 11.5 Å². The van der Waals surface area contributed by atoms with Gasteiger partial charge in [0, 0.05) is 13.6 Å². The topological polar surface area (TPSA) is 93.5 Å². The van der Waals surface area contributed by atoms with Crippen molar-refractivity contribution in [3.05, 3.63) is 23.1 Å². The Hall–Kier alpha value is -2.02. The van der Waals surface area contributed by atoms with Gasteiger partial charge in [-0.15, -0.1) is 17.9 Å². The highest BCUT2D eigenvalue weighted by Gasteiger charge is 2.25. The van der Waals surface area contributed by atoms with Gasteiger partial charge in [0.15, 0.2) is 0 Å². The molecule has 0 aliphatic heterocycles. The number of carbonyl (C=O) groups excluding carboxylic acids is 2. The summed E-state index contributed by atoms with van der Waals surface area (Å²) in [7, 11) is 1.50. The summed E-state index contributed by atoms with van der Waals surface area (Å²) in [5.41, 5.74) is 6.20. The largest absolute Gasteiger partial charge is 0.462 e. The van der Waals surface area contributed by atoms with E-state index < -0.39 is 5.97 Å². The van der Waals surface area contributed by atoms with E-state index in [2.05, 4.69) is 17.2 Å². The minimum Gasteiger partial charge on any atom is -0.462 e. The van der Waals surface area contributed by atoms with Gasteiger partial charge in [0.2, 0.25) is 0 Å². The van der Waals surface area contributed by atoms with Gasteiger partial charge < -0.3 is 21.1 Å². The standard InChI is InChI=1S/C12H17N3O3S/c1-4-6-15-11-7(12(17)18-5-2)8(13)9(19-11)10(16)14-3/h4,15H,1,5-6,13H2,2-3H3,(H,14,16). The lowest BCUT2D eigenvalue weighted by Gasteiger charge is -2.05. The van der Waals surface area contributed by atoms with E-state index in [1.165, 1.54) is 7.05 Å². The van der Waals surface area contributed by atoms with Crippen molar-refractivity contribution in [2.24, 2.45) is 0 Å². The summed E-state index contributed by atoms with van der Waals surface area (Å²) >= 11 is 1.12. The number of anilines is 2. The maximum absolute atomic E-state index is 11.9. The zero-order valence-corrected chi connectivity index (χ0v) is 11.7. The second kappa shape index (κ2) is 6.79. The van der Waals surface area contributed by atoms with Gasteiger partial charge in [-0.1, -0.05) is 6.08 Å². The summed E-state index contributed by atoms with van der Waals surface area (Å²) in [4.78, 5) is 23.8. The molecule has 0 aliphatic rings. The average molecular weight is 283 g/mol. The second-order valence-corrected chi connectivity index (χ2v) is 4.54. The lowest BCUT2D eigenvalue weighted by atomic mass is 10.2. The Morgan fingerprint density at radius 3 is 2.74 bits per heavy atom. The van der Waals surface area contributed by atoms with Crippen LogP contribution in [0, 0.1) is 0 Å². The first-order valence-corrected chi connectivity index (χ1v) is 6.54. The maximum atomic E-state index is 11.9. The number of nitrogens with one attached hydrogen (secondary N) is 2. The maximum Gasteiger partial charge on any atom is 0.343 e. The number of carbonyl (C=O) groups is 2. The van der Waals surface area contributed by atoms with Crippen molar-refractivity contribution in [1.29, 1.82) is 0 Å². The smallest absolute Gasteiger partial charge is 0.343 e. The first-order valence-electron chi connectivity index (χ1n) is 5.73. The summed E-state index contributed by atoms with van der Waals surface area (Å²) < 4.78 is 4.95. The van der Waals surface area contributed by atoms with Crippen LogP contribution in [0.5, 0.6) is 0 Å². The predicted octanol–water partition coefficient (Wildman–Crippen LogP) is 1.46. The van der Waals surface area contributed by atoms with Crippen molar-refractivity contribution < 1.29 is 14.3 Å². The van der Waals surface area contributed by atoms with Crippen molar-refractivity contribution >= 4 is 33.9 Å². The minimum atomic E-state index is -0.544. The number of amides is 1. The fourth-order valence-corrected chi connectivity index (χ4v) is 2.48. The number of ether oxygens (including phenoxy) is 1. The third kappa shape index (κ3) is 3.25. The molecule has 104 valence electrons. The molecular weight excluding hydrogens is 266 g/mol. The molecule has 0 spiro atoms. The summed E-state index contributed by atoms with van der Waals surface area (Å²) in [6.45, 7) is 5.99. The van der Waals surface area contributed by atoms with Gasteiger partial charge in [0.25, 0.3) is 5.91 Å². The minimum absolute atomic E-state index is 0.134. The SMILES string of the molecule is C=CCNc1sc(C(=O)NC)c(N)c1C(=O)OCC. The van der Waals surface area contributed by atoms with Crippen LogP contribution in [0.1, 0.15) is 27.0 Å². The Bertz CT molecular complexity index is 497. The van der Waals surface area contributed by atoms with Gasteiger partial charge >= 0.3 is 5.97 Å². The molecule has 4 N–H and O–H groups in total. The van der Waals surface area contributed by atoms with E-state index >= 15 is 0 Å². The van der Waals surface area contributed by atoms with Crippen LogP contribution >= 0.6 is 11.3 Å². The van der Waals surface area contributed by atoms with E-state index in [4.69, 9.17) is 10.5 Å². The number of nitrogens with two attached hydrogens (primary N) is 1.